The summed E-state index contributed by atoms with van der Waals surface area (Å²) >= 11 is 0. The molecule has 1 unspecified atom stereocenters. The third-order valence-corrected chi connectivity index (χ3v) is 5.02. The van der Waals surface area contributed by atoms with E-state index in [1.807, 2.05) is 0 Å². The van der Waals surface area contributed by atoms with Crippen LogP contribution >= 0.6 is 0 Å². The molecule has 0 aliphatic heterocycles. The lowest BCUT2D eigenvalue weighted by Gasteiger charge is -2.28. The van der Waals surface area contributed by atoms with E-state index in [9.17, 15) is 18.0 Å². The summed E-state index contributed by atoms with van der Waals surface area (Å²) in [5.41, 5.74) is -0.181. The summed E-state index contributed by atoms with van der Waals surface area (Å²) in [4.78, 5) is 23.2. The Morgan fingerprint density at radius 1 is 1.24 bits per heavy atom. The van der Waals surface area contributed by atoms with Gasteiger partial charge in [0.15, 0.2) is 0 Å². The highest BCUT2D eigenvalue weighted by Gasteiger charge is 2.29. The van der Waals surface area contributed by atoms with Crippen molar-refractivity contribution in [3.05, 3.63) is 29.8 Å². The molecule has 140 valence electrons. The van der Waals surface area contributed by atoms with Crippen LogP contribution in [0.5, 0.6) is 0 Å². The topological polar surface area (TPSA) is 122 Å². The first-order chi connectivity index (χ1) is 11.6. The molecule has 0 radical (unpaired) electrons. The summed E-state index contributed by atoms with van der Waals surface area (Å²) in [5, 5.41) is 11.6. The van der Waals surface area contributed by atoms with Crippen molar-refractivity contribution >= 4 is 21.9 Å². The molecule has 9 heteroatoms. The Balaban J connectivity index is 2.65. The van der Waals surface area contributed by atoms with Crippen LogP contribution in [-0.4, -0.2) is 51.7 Å². The number of carbonyl (C=O) groups excluding carboxylic acids is 1. The van der Waals surface area contributed by atoms with Crippen LogP contribution in [0.3, 0.4) is 0 Å². The highest BCUT2D eigenvalue weighted by molar-refractivity contribution is 7.89. The Morgan fingerprint density at radius 2 is 1.84 bits per heavy atom. The molecule has 1 rings (SSSR count). The van der Waals surface area contributed by atoms with Gasteiger partial charge in [-0.25, -0.2) is 13.1 Å². The van der Waals surface area contributed by atoms with Crippen LogP contribution in [0, 0.1) is 0 Å². The molecule has 1 atom stereocenters. The fraction of sp³-hybridized carbons (Fsp3) is 0.500. The third kappa shape index (κ3) is 6.81. The minimum Gasteiger partial charge on any atom is -0.481 e. The molecule has 0 fully saturated rings. The molecule has 0 bridgehead atoms. The Hall–Kier alpha value is -1.97. The van der Waals surface area contributed by atoms with Crippen molar-refractivity contribution in [2.45, 2.75) is 36.6 Å². The van der Waals surface area contributed by atoms with Gasteiger partial charge in [-0.05, 0) is 38.1 Å². The van der Waals surface area contributed by atoms with E-state index in [0.29, 0.717) is 6.42 Å². The molecular weight excluding hydrogens is 348 g/mol. The quantitative estimate of drug-likeness (QED) is 0.550. The number of sulfonamides is 1. The van der Waals surface area contributed by atoms with Crippen molar-refractivity contribution in [3.63, 3.8) is 0 Å². The summed E-state index contributed by atoms with van der Waals surface area (Å²) in [6.45, 7) is 1.70. The van der Waals surface area contributed by atoms with Gasteiger partial charge in [0.1, 0.15) is 0 Å². The molecule has 25 heavy (non-hydrogen) atoms. The molecule has 0 aliphatic rings. The van der Waals surface area contributed by atoms with Crippen LogP contribution in [0.15, 0.2) is 29.2 Å². The molecule has 0 heterocycles. The number of hydrogen-bond acceptors (Lipinski definition) is 5. The molecule has 3 N–H and O–H groups in total. The second-order valence-electron chi connectivity index (χ2n) is 5.96. The van der Waals surface area contributed by atoms with E-state index < -0.39 is 21.5 Å². The summed E-state index contributed by atoms with van der Waals surface area (Å²) in [7, 11) is -0.714. The van der Waals surface area contributed by atoms with E-state index in [-0.39, 0.29) is 30.3 Å². The van der Waals surface area contributed by atoms with E-state index in [4.69, 9.17) is 9.84 Å². The molecule has 0 aromatic heterocycles. The van der Waals surface area contributed by atoms with Gasteiger partial charge in [0.2, 0.25) is 15.9 Å². The zero-order valence-corrected chi connectivity index (χ0v) is 15.4. The van der Waals surface area contributed by atoms with Gasteiger partial charge in [-0.2, -0.15) is 0 Å². The number of carboxylic acids is 1. The number of aryl methyl sites for hydroxylation is 1. The van der Waals surface area contributed by atoms with Crippen molar-refractivity contribution < 1.29 is 27.9 Å². The van der Waals surface area contributed by atoms with Gasteiger partial charge in [0, 0.05) is 13.5 Å². The van der Waals surface area contributed by atoms with Gasteiger partial charge in [0.25, 0.3) is 0 Å². The lowest BCUT2D eigenvalue weighted by Crippen LogP contribution is -2.50. The standard InChI is InChI=1S/C16H24N2O6S/c1-16(11-24-3,10-15(20)21)18-14(19)9-6-12-4-7-13(8-5-12)25(22,23)17-2/h4-5,7-8,17H,6,9-11H2,1-3H3,(H,18,19)(H,20,21). The number of amides is 1. The maximum atomic E-state index is 12.1. The normalized spacial score (nSPS) is 13.9. The van der Waals surface area contributed by atoms with E-state index in [1.165, 1.54) is 26.3 Å². The first-order valence-electron chi connectivity index (χ1n) is 7.66. The SMILES string of the molecule is CNS(=O)(=O)c1ccc(CCC(=O)NC(C)(COC)CC(=O)O)cc1. The van der Waals surface area contributed by atoms with Crippen LogP contribution in [0.25, 0.3) is 0 Å². The second-order valence-corrected chi connectivity index (χ2v) is 7.85. The van der Waals surface area contributed by atoms with Crippen LogP contribution in [0.1, 0.15) is 25.3 Å². The van der Waals surface area contributed by atoms with Gasteiger partial charge >= 0.3 is 5.97 Å². The molecule has 1 amide bonds. The van der Waals surface area contributed by atoms with Crippen LogP contribution in [-0.2, 0) is 30.8 Å². The molecular formula is C16H24N2O6S. The number of benzene rings is 1. The number of carboxylic acid groups (broad SMARTS) is 1. The minimum atomic E-state index is -3.49. The number of nitrogens with one attached hydrogen (secondary N) is 2. The average molecular weight is 372 g/mol. The third-order valence-electron chi connectivity index (χ3n) is 3.59. The summed E-state index contributed by atoms with van der Waals surface area (Å²) in [6.07, 6.45) is 0.308. The number of aliphatic carboxylic acids is 1. The summed E-state index contributed by atoms with van der Waals surface area (Å²) in [6, 6.07) is 6.23. The zero-order valence-electron chi connectivity index (χ0n) is 14.5. The average Bonchev–Trinajstić information content (AvgIpc) is 2.52. The highest BCUT2D eigenvalue weighted by atomic mass is 32.2. The van der Waals surface area contributed by atoms with Crippen molar-refractivity contribution in [1.82, 2.24) is 10.0 Å². The number of hydrogen-bond donors (Lipinski definition) is 3. The van der Waals surface area contributed by atoms with Gasteiger partial charge in [-0.3, -0.25) is 9.59 Å². The van der Waals surface area contributed by atoms with Crippen LogP contribution in [0.2, 0.25) is 0 Å². The molecule has 0 aliphatic carbocycles. The van der Waals surface area contributed by atoms with Crippen molar-refractivity contribution in [1.29, 1.82) is 0 Å². The van der Waals surface area contributed by atoms with Crippen molar-refractivity contribution in [3.8, 4) is 0 Å². The largest absolute Gasteiger partial charge is 0.481 e. The molecule has 0 saturated heterocycles. The van der Waals surface area contributed by atoms with Crippen LogP contribution in [0.4, 0.5) is 0 Å². The molecule has 0 saturated carbocycles. The van der Waals surface area contributed by atoms with E-state index in [1.54, 1.807) is 19.1 Å². The zero-order chi connectivity index (χ0) is 19.1. The van der Waals surface area contributed by atoms with E-state index in [2.05, 4.69) is 10.0 Å². The van der Waals surface area contributed by atoms with Crippen molar-refractivity contribution in [2.75, 3.05) is 20.8 Å². The lowest BCUT2D eigenvalue weighted by molar-refractivity contribution is -0.139. The molecule has 0 spiro atoms. The maximum Gasteiger partial charge on any atom is 0.305 e. The first kappa shape index (κ1) is 21.1. The van der Waals surface area contributed by atoms with Crippen LogP contribution < -0.4 is 10.0 Å². The van der Waals surface area contributed by atoms with Gasteiger partial charge in [-0.15, -0.1) is 0 Å². The van der Waals surface area contributed by atoms with Gasteiger partial charge in [0.05, 0.1) is 23.5 Å². The lowest BCUT2D eigenvalue weighted by atomic mass is 9.98. The molecule has 1 aromatic rings. The van der Waals surface area contributed by atoms with E-state index in [0.717, 1.165) is 5.56 Å². The number of rotatable bonds is 10. The fourth-order valence-corrected chi connectivity index (χ4v) is 3.12. The molecule has 1 aromatic carbocycles. The molecule has 8 nitrogen and oxygen atoms in total. The van der Waals surface area contributed by atoms with Gasteiger partial charge < -0.3 is 15.2 Å². The predicted molar refractivity (Wildman–Crippen MR) is 91.7 cm³/mol. The first-order valence-corrected chi connectivity index (χ1v) is 9.14. The highest BCUT2D eigenvalue weighted by Crippen LogP contribution is 2.13. The Morgan fingerprint density at radius 3 is 2.32 bits per heavy atom. The van der Waals surface area contributed by atoms with Crippen molar-refractivity contribution in [2.24, 2.45) is 0 Å². The predicted octanol–water partition coefficient (Wildman–Crippen LogP) is 0.523. The summed E-state index contributed by atoms with van der Waals surface area (Å²) in [5.74, 6) is -1.33. The number of methoxy groups -OCH3 is 1. The Labute approximate surface area is 147 Å². The Bertz CT molecular complexity index is 702. The Kier molecular flexibility index (Phi) is 7.53. The number of ether oxygens (including phenoxy) is 1. The smallest absolute Gasteiger partial charge is 0.305 e. The number of carbonyl (C=O) groups is 2. The second kappa shape index (κ2) is 8.93. The fourth-order valence-electron chi connectivity index (χ4n) is 2.39. The maximum absolute atomic E-state index is 12.1. The summed E-state index contributed by atoms with van der Waals surface area (Å²) < 4.78 is 30.5. The monoisotopic (exact) mass is 372 g/mol. The van der Waals surface area contributed by atoms with E-state index >= 15 is 0 Å². The van der Waals surface area contributed by atoms with Gasteiger partial charge in [-0.1, -0.05) is 12.1 Å². The minimum absolute atomic E-state index is 0.0849.